The summed E-state index contributed by atoms with van der Waals surface area (Å²) in [6.45, 7) is 6.56. The molecular weight excluding hydrogens is 997 g/mol. The van der Waals surface area contributed by atoms with Crippen LogP contribution in [0.1, 0.15) is 367 Å². The number of hydrogen-bond acceptors (Lipinski definition) is 6. The predicted molar refractivity (Wildman–Crippen MR) is 353 cm³/mol. The molecule has 0 radical (unpaired) electrons. The third-order valence-electron chi connectivity index (χ3n) is 15.7. The van der Waals surface area contributed by atoms with Gasteiger partial charge in [-0.1, -0.05) is 312 Å². The molecule has 0 aliphatic heterocycles. The maximum atomic E-state index is 12.9. The van der Waals surface area contributed by atoms with Gasteiger partial charge in [-0.2, -0.15) is 0 Å². The lowest BCUT2D eigenvalue weighted by Crippen LogP contribution is -2.30. The Kier molecular flexibility index (Phi) is 66.6. The molecule has 6 heteroatoms. The van der Waals surface area contributed by atoms with Crippen LogP contribution in [-0.4, -0.2) is 37.2 Å². The highest BCUT2D eigenvalue weighted by Crippen LogP contribution is 2.18. The van der Waals surface area contributed by atoms with Gasteiger partial charge in [0.1, 0.15) is 13.2 Å². The smallest absolute Gasteiger partial charge is 0.306 e. The second kappa shape index (κ2) is 69.3. The molecule has 0 spiro atoms. The van der Waals surface area contributed by atoms with E-state index in [4.69, 9.17) is 14.2 Å². The Balaban J connectivity index is 4.25. The molecule has 0 saturated heterocycles. The quantitative estimate of drug-likeness (QED) is 0.0261. The van der Waals surface area contributed by atoms with E-state index in [9.17, 15) is 14.4 Å². The first-order chi connectivity index (χ1) is 40.0. The highest BCUT2D eigenvalue weighted by molar-refractivity contribution is 5.71. The Morgan fingerprint density at radius 3 is 0.765 bits per heavy atom. The monoisotopic (exact) mass is 1130 g/mol. The summed E-state index contributed by atoms with van der Waals surface area (Å²) in [6.07, 6.45) is 90.7. The molecule has 81 heavy (non-hydrogen) atoms. The number of rotatable bonds is 65. The molecule has 470 valence electrons. The van der Waals surface area contributed by atoms with Crippen LogP contribution in [0.25, 0.3) is 0 Å². The van der Waals surface area contributed by atoms with Gasteiger partial charge in [-0.05, 0) is 109 Å². The second-order valence-electron chi connectivity index (χ2n) is 23.8. The zero-order valence-corrected chi connectivity index (χ0v) is 54.1. The first-order valence-corrected chi connectivity index (χ1v) is 35.4. The molecule has 0 N–H and O–H groups in total. The van der Waals surface area contributed by atoms with Crippen molar-refractivity contribution in [2.45, 2.75) is 374 Å². The van der Waals surface area contributed by atoms with Crippen molar-refractivity contribution in [1.29, 1.82) is 0 Å². The van der Waals surface area contributed by atoms with Crippen molar-refractivity contribution in [1.82, 2.24) is 0 Å². The third kappa shape index (κ3) is 67.5. The van der Waals surface area contributed by atoms with Gasteiger partial charge in [-0.3, -0.25) is 14.4 Å². The van der Waals surface area contributed by atoms with Crippen LogP contribution in [0.15, 0.2) is 72.9 Å². The molecule has 0 rings (SSSR count). The zero-order chi connectivity index (χ0) is 58.5. The summed E-state index contributed by atoms with van der Waals surface area (Å²) < 4.78 is 17.0. The van der Waals surface area contributed by atoms with E-state index in [-0.39, 0.29) is 31.1 Å². The predicted octanol–water partition coefficient (Wildman–Crippen LogP) is 24.4. The standard InChI is InChI=1S/C75H134O6/c1-4-7-10-13-16-19-22-25-28-30-32-33-34-35-36-37-38-39-40-41-43-44-47-50-53-56-59-62-65-68-74(77)80-71-72(70-79-73(76)67-64-61-58-55-52-49-46-27-24-21-18-15-12-9-6-3)81-75(78)69-66-63-60-57-54-51-48-45-42-31-29-26-23-20-17-14-11-8-5-2/h7,10,16,19,25-29,32-33,46,72H,4-6,8-9,11-15,17-18,20-24,30-31,34-45,47-71H2,1-3H3/b10-7-,19-16-,28-25-,29-26-,33-32-,46-27-. The summed E-state index contributed by atoms with van der Waals surface area (Å²) in [4.78, 5) is 38.4. The number of hydrogen-bond donors (Lipinski definition) is 0. The average molecular weight is 1130 g/mol. The highest BCUT2D eigenvalue weighted by Gasteiger charge is 2.19. The van der Waals surface area contributed by atoms with E-state index in [0.717, 1.165) is 89.9 Å². The molecule has 0 aromatic heterocycles. The highest BCUT2D eigenvalue weighted by atomic mass is 16.6. The van der Waals surface area contributed by atoms with Crippen molar-refractivity contribution < 1.29 is 28.6 Å². The fourth-order valence-electron chi connectivity index (χ4n) is 10.4. The maximum Gasteiger partial charge on any atom is 0.306 e. The number of esters is 3. The normalized spacial score (nSPS) is 12.5. The lowest BCUT2D eigenvalue weighted by Gasteiger charge is -2.18. The first kappa shape index (κ1) is 77.9. The van der Waals surface area contributed by atoms with Gasteiger partial charge in [0.2, 0.25) is 0 Å². The largest absolute Gasteiger partial charge is 0.462 e. The van der Waals surface area contributed by atoms with Crippen LogP contribution >= 0.6 is 0 Å². The lowest BCUT2D eigenvalue weighted by molar-refractivity contribution is -0.167. The Morgan fingerprint density at radius 2 is 0.481 bits per heavy atom. The summed E-state index contributed by atoms with van der Waals surface area (Å²) in [5, 5.41) is 0. The Labute approximate surface area is 503 Å². The fourth-order valence-corrected chi connectivity index (χ4v) is 10.4. The molecule has 0 aromatic rings. The van der Waals surface area contributed by atoms with Gasteiger partial charge in [-0.25, -0.2) is 0 Å². The molecule has 1 atom stereocenters. The number of carbonyl (C=O) groups is 3. The van der Waals surface area contributed by atoms with Crippen molar-refractivity contribution in [2.24, 2.45) is 0 Å². The number of carbonyl (C=O) groups excluding carboxylic acids is 3. The van der Waals surface area contributed by atoms with E-state index in [0.29, 0.717) is 19.3 Å². The SMILES string of the molecule is CC/C=C\C/C=C\C/C=C\C/C=C\CCCCCCCCCCCCCCCCCCC(=O)OCC(COC(=O)CCCCCCC/C=C\CCCCCCCC)OC(=O)CCCCCCCCCCC/C=C\CCCCCCCC. The topological polar surface area (TPSA) is 78.9 Å². The molecular formula is C75H134O6. The van der Waals surface area contributed by atoms with Crippen LogP contribution in [-0.2, 0) is 28.6 Å². The van der Waals surface area contributed by atoms with E-state index in [1.165, 1.54) is 238 Å². The van der Waals surface area contributed by atoms with E-state index >= 15 is 0 Å². The minimum atomic E-state index is -0.780. The molecule has 0 aromatic carbocycles. The van der Waals surface area contributed by atoms with Crippen molar-refractivity contribution >= 4 is 17.9 Å². The van der Waals surface area contributed by atoms with Crippen LogP contribution < -0.4 is 0 Å². The molecule has 0 fully saturated rings. The zero-order valence-electron chi connectivity index (χ0n) is 54.1. The molecule has 0 saturated carbocycles. The summed E-state index contributed by atoms with van der Waals surface area (Å²) in [5.41, 5.74) is 0. The maximum absolute atomic E-state index is 12.9. The van der Waals surface area contributed by atoms with Crippen molar-refractivity contribution in [3.05, 3.63) is 72.9 Å². The number of allylic oxidation sites excluding steroid dienone is 12. The van der Waals surface area contributed by atoms with Gasteiger partial charge in [0.05, 0.1) is 0 Å². The molecule has 0 bridgehead atoms. The van der Waals surface area contributed by atoms with Crippen molar-refractivity contribution in [2.75, 3.05) is 13.2 Å². The van der Waals surface area contributed by atoms with E-state index in [2.05, 4.69) is 93.7 Å². The molecule has 0 heterocycles. The Bertz CT molecular complexity index is 1490. The van der Waals surface area contributed by atoms with Crippen molar-refractivity contribution in [3.8, 4) is 0 Å². The third-order valence-corrected chi connectivity index (χ3v) is 15.7. The van der Waals surface area contributed by atoms with Crippen molar-refractivity contribution in [3.63, 3.8) is 0 Å². The summed E-state index contributed by atoms with van der Waals surface area (Å²) in [6, 6.07) is 0. The lowest BCUT2D eigenvalue weighted by atomic mass is 10.0. The van der Waals surface area contributed by atoms with Gasteiger partial charge < -0.3 is 14.2 Å². The molecule has 0 aliphatic rings. The Morgan fingerprint density at radius 1 is 0.259 bits per heavy atom. The van der Waals surface area contributed by atoms with E-state index < -0.39 is 6.10 Å². The minimum Gasteiger partial charge on any atom is -0.462 e. The summed E-state index contributed by atoms with van der Waals surface area (Å²) in [7, 11) is 0. The Hall–Kier alpha value is -3.15. The van der Waals surface area contributed by atoms with Crippen LogP contribution in [0.3, 0.4) is 0 Å². The molecule has 0 aliphatic carbocycles. The first-order valence-electron chi connectivity index (χ1n) is 35.4. The van der Waals surface area contributed by atoms with Gasteiger partial charge in [0, 0.05) is 19.3 Å². The number of ether oxygens (including phenoxy) is 3. The minimum absolute atomic E-state index is 0.0749. The van der Waals surface area contributed by atoms with E-state index in [1.807, 2.05) is 0 Å². The molecule has 0 amide bonds. The van der Waals surface area contributed by atoms with Gasteiger partial charge in [0.25, 0.3) is 0 Å². The molecule has 6 nitrogen and oxygen atoms in total. The van der Waals surface area contributed by atoms with Gasteiger partial charge >= 0.3 is 17.9 Å². The van der Waals surface area contributed by atoms with Gasteiger partial charge in [-0.15, -0.1) is 0 Å². The van der Waals surface area contributed by atoms with E-state index in [1.54, 1.807) is 0 Å². The van der Waals surface area contributed by atoms with Crippen LogP contribution in [0.2, 0.25) is 0 Å². The van der Waals surface area contributed by atoms with Crippen LogP contribution in [0.5, 0.6) is 0 Å². The summed E-state index contributed by atoms with van der Waals surface area (Å²) in [5.74, 6) is -0.864. The number of unbranched alkanes of at least 4 members (excludes halogenated alkanes) is 42. The van der Waals surface area contributed by atoms with Crippen LogP contribution in [0.4, 0.5) is 0 Å². The fraction of sp³-hybridized carbons (Fsp3) is 0.800. The second-order valence-corrected chi connectivity index (χ2v) is 23.8. The van der Waals surface area contributed by atoms with Crippen LogP contribution in [0, 0.1) is 0 Å². The average Bonchev–Trinajstić information content (AvgIpc) is 3.47. The summed E-state index contributed by atoms with van der Waals surface area (Å²) >= 11 is 0. The van der Waals surface area contributed by atoms with Gasteiger partial charge in [0.15, 0.2) is 6.10 Å². The molecule has 1 unspecified atom stereocenters.